The number of ether oxygens (including phenoxy) is 1. The molecule has 0 amide bonds. The average molecular weight is 226 g/mol. The highest BCUT2D eigenvalue weighted by atomic mass is 16.5. The summed E-state index contributed by atoms with van der Waals surface area (Å²) in [7, 11) is 0. The molecule has 0 aliphatic carbocycles. The highest BCUT2D eigenvalue weighted by molar-refractivity contribution is 5.80. The van der Waals surface area contributed by atoms with Gasteiger partial charge in [-0.15, -0.1) is 0 Å². The molecule has 4 nitrogen and oxygen atoms in total. The van der Waals surface area contributed by atoms with Crippen LogP contribution >= 0.6 is 0 Å². The number of carbonyl (C=O) groups excluding carboxylic acids is 1. The fourth-order valence-corrected chi connectivity index (χ4v) is 2.78. The van der Waals surface area contributed by atoms with E-state index in [2.05, 4.69) is 16.7 Å². The molecule has 0 aromatic carbocycles. The molecular formula is C12H22N2O2. The van der Waals surface area contributed by atoms with Gasteiger partial charge in [-0.2, -0.15) is 0 Å². The van der Waals surface area contributed by atoms with Gasteiger partial charge in [0.05, 0.1) is 6.04 Å². The number of morpholine rings is 1. The van der Waals surface area contributed by atoms with Gasteiger partial charge < -0.3 is 9.64 Å². The first kappa shape index (κ1) is 11.9. The summed E-state index contributed by atoms with van der Waals surface area (Å²) in [6.07, 6.45) is 1.19. The van der Waals surface area contributed by atoms with Crippen molar-refractivity contribution in [2.75, 3.05) is 32.8 Å². The Kier molecular flexibility index (Phi) is 3.22. The largest absolute Gasteiger partial charge is 0.463 e. The first-order valence-corrected chi connectivity index (χ1v) is 6.22. The topological polar surface area (TPSA) is 32.8 Å². The molecule has 2 fully saturated rings. The summed E-state index contributed by atoms with van der Waals surface area (Å²) in [6.45, 7) is 10.9. The molecule has 0 N–H and O–H groups in total. The van der Waals surface area contributed by atoms with Crippen LogP contribution in [0.25, 0.3) is 0 Å². The molecule has 2 heterocycles. The molecule has 2 aliphatic rings. The van der Waals surface area contributed by atoms with Gasteiger partial charge in [-0.25, -0.2) is 0 Å². The minimum Gasteiger partial charge on any atom is -0.463 e. The summed E-state index contributed by atoms with van der Waals surface area (Å²) in [5, 5.41) is 0. The van der Waals surface area contributed by atoms with Crippen molar-refractivity contribution in [2.45, 2.75) is 38.8 Å². The molecule has 1 unspecified atom stereocenters. The van der Waals surface area contributed by atoms with Gasteiger partial charge in [0, 0.05) is 19.6 Å². The van der Waals surface area contributed by atoms with Crippen LogP contribution in [0, 0.1) is 0 Å². The molecule has 0 saturated carbocycles. The molecule has 0 bridgehead atoms. The van der Waals surface area contributed by atoms with Crippen molar-refractivity contribution in [1.82, 2.24) is 9.80 Å². The highest BCUT2D eigenvalue weighted by Crippen LogP contribution is 2.27. The standard InChI is InChI=1S/C12H22N2O2/c1-4-5-13-6-7-14-10(8-13)9-16-11(15)12(14,2)3/h10H,4-9H2,1-3H3. The van der Waals surface area contributed by atoms with Crippen molar-refractivity contribution in [3.63, 3.8) is 0 Å². The summed E-state index contributed by atoms with van der Waals surface area (Å²) in [5.41, 5.74) is -0.443. The van der Waals surface area contributed by atoms with Gasteiger partial charge in [0.15, 0.2) is 0 Å². The third kappa shape index (κ3) is 1.96. The van der Waals surface area contributed by atoms with Gasteiger partial charge >= 0.3 is 5.97 Å². The second-order valence-corrected chi connectivity index (χ2v) is 5.31. The van der Waals surface area contributed by atoms with E-state index in [-0.39, 0.29) is 5.97 Å². The maximum atomic E-state index is 11.7. The molecule has 0 radical (unpaired) electrons. The highest BCUT2D eigenvalue weighted by Gasteiger charge is 2.46. The maximum absolute atomic E-state index is 11.7. The van der Waals surface area contributed by atoms with Crippen LogP contribution in [0.2, 0.25) is 0 Å². The van der Waals surface area contributed by atoms with Crippen LogP contribution in [0.5, 0.6) is 0 Å². The van der Waals surface area contributed by atoms with Crippen molar-refractivity contribution in [3.8, 4) is 0 Å². The Morgan fingerprint density at radius 2 is 2.19 bits per heavy atom. The number of hydrogen-bond donors (Lipinski definition) is 0. The predicted octanol–water partition coefficient (Wildman–Crippen LogP) is 0.718. The molecule has 2 rings (SSSR count). The van der Waals surface area contributed by atoms with Crippen molar-refractivity contribution >= 4 is 5.97 Å². The van der Waals surface area contributed by atoms with Gasteiger partial charge in [-0.3, -0.25) is 9.69 Å². The third-order valence-corrected chi connectivity index (χ3v) is 3.73. The maximum Gasteiger partial charge on any atom is 0.326 e. The Bertz CT molecular complexity index is 278. The van der Waals surface area contributed by atoms with Crippen LogP contribution in [0.1, 0.15) is 27.2 Å². The Labute approximate surface area is 97.5 Å². The third-order valence-electron chi connectivity index (χ3n) is 3.73. The molecule has 0 aromatic heterocycles. The van der Waals surface area contributed by atoms with Gasteiger partial charge in [0.2, 0.25) is 0 Å². The summed E-state index contributed by atoms with van der Waals surface area (Å²) in [4.78, 5) is 16.5. The minimum atomic E-state index is -0.443. The van der Waals surface area contributed by atoms with Crippen molar-refractivity contribution in [1.29, 1.82) is 0 Å². The van der Waals surface area contributed by atoms with E-state index in [1.807, 2.05) is 13.8 Å². The monoisotopic (exact) mass is 226 g/mol. The molecule has 92 valence electrons. The lowest BCUT2D eigenvalue weighted by molar-refractivity contribution is -0.177. The SMILES string of the molecule is CCCN1CCN2C(COC(=O)C2(C)C)C1. The Hall–Kier alpha value is -0.610. The van der Waals surface area contributed by atoms with E-state index in [0.29, 0.717) is 12.6 Å². The molecular weight excluding hydrogens is 204 g/mol. The van der Waals surface area contributed by atoms with Gasteiger partial charge in [0.1, 0.15) is 12.1 Å². The van der Waals surface area contributed by atoms with Crippen LogP contribution in [0.4, 0.5) is 0 Å². The van der Waals surface area contributed by atoms with E-state index in [4.69, 9.17) is 4.74 Å². The number of esters is 1. The molecule has 1 atom stereocenters. The number of hydrogen-bond acceptors (Lipinski definition) is 4. The molecule has 2 saturated heterocycles. The van der Waals surface area contributed by atoms with Crippen LogP contribution in [-0.4, -0.2) is 60.1 Å². The number of piperazine rings is 1. The molecule has 2 aliphatic heterocycles. The number of carbonyl (C=O) groups is 1. The summed E-state index contributed by atoms with van der Waals surface area (Å²) >= 11 is 0. The molecule has 4 heteroatoms. The van der Waals surface area contributed by atoms with Crippen LogP contribution < -0.4 is 0 Å². The van der Waals surface area contributed by atoms with Crippen molar-refractivity contribution in [3.05, 3.63) is 0 Å². The molecule has 0 spiro atoms. The molecule has 0 aromatic rings. The quantitative estimate of drug-likeness (QED) is 0.650. The van der Waals surface area contributed by atoms with Crippen LogP contribution in [0.3, 0.4) is 0 Å². The lowest BCUT2D eigenvalue weighted by Crippen LogP contribution is -2.67. The summed E-state index contributed by atoms with van der Waals surface area (Å²) in [6, 6.07) is 0.382. The van der Waals surface area contributed by atoms with E-state index >= 15 is 0 Å². The lowest BCUT2D eigenvalue weighted by atomic mass is 9.96. The summed E-state index contributed by atoms with van der Waals surface area (Å²) < 4.78 is 5.28. The Balaban J connectivity index is 2.04. The number of nitrogens with zero attached hydrogens (tertiary/aromatic N) is 2. The Morgan fingerprint density at radius 1 is 1.44 bits per heavy atom. The van der Waals surface area contributed by atoms with Gasteiger partial charge in [-0.1, -0.05) is 6.92 Å². The predicted molar refractivity (Wildman–Crippen MR) is 62.3 cm³/mol. The zero-order valence-electron chi connectivity index (χ0n) is 10.5. The van der Waals surface area contributed by atoms with Crippen LogP contribution in [-0.2, 0) is 9.53 Å². The number of rotatable bonds is 2. The first-order chi connectivity index (χ1) is 7.55. The molecule has 16 heavy (non-hydrogen) atoms. The zero-order chi connectivity index (χ0) is 11.8. The fraction of sp³-hybridized carbons (Fsp3) is 0.917. The summed E-state index contributed by atoms with van der Waals surface area (Å²) in [5.74, 6) is -0.0762. The lowest BCUT2D eigenvalue weighted by Gasteiger charge is -2.50. The number of fused-ring (bicyclic) bond motifs is 1. The second kappa shape index (κ2) is 4.34. The van der Waals surface area contributed by atoms with Crippen LogP contribution in [0.15, 0.2) is 0 Å². The van der Waals surface area contributed by atoms with E-state index in [9.17, 15) is 4.79 Å². The average Bonchev–Trinajstić information content (AvgIpc) is 2.24. The first-order valence-electron chi connectivity index (χ1n) is 6.22. The smallest absolute Gasteiger partial charge is 0.326 e. The van der Waals surface area contributed by atoms with Gasteiger partial charge in [-0.05, 0) is 26.8 Å². The van der Waals surface area contributed by atoms with Crippen molar-refractivity contribution < 1.29 is 9.53 Å². The fourth-order valence-electron chi connectivity index (χ4n) is 2.78. The van der Waals surface area contributed by atoms with E-state index in [1.54, 1.807) is 0 Å². The van der Waals surface area contributed by atoms with E-state index in [1.165, 1.54) is 6.42 Å². The zero-order valence-corrected chi connectivity index (χ0v) is 10.5. The second-order valence-electron chi connectivity index (χ2n) is 5.31. The Morgan fingerprint density at radius 3 is 2.88 bits per heavy atom. The number of cyclic esters (lactones) is 1. The van der Waals surface area contributed by atoms with Gasteiger partial charge in [0.25, 0.3) is 0 Å². The van der Waals surface area contributed by atoms with E-state index < -0.39 is 5.54 Å². The van der Waals surface area contributed by atoms with Crippen molar-refractivity contribution in [2.24, 2.45) is 0 Å². The van der Waals surface area contributed by atoms with E-state index in [0.717, 1.165) is 26.2 Å². The normalized spacial score (nSPS) is 30.9. The minimum absolute atomic E-state index is 0.0762.